The molecular formula is C16H20IN3O. The Hall–Kier alpha value is -1.37. The second-order valence-corrected chi connectivity index (χ2v) is 5.80. The number of methoxy groups -OCH3 is 1. The minimum absolute atomic E-state index is 0.758. The van der Waals surface area contributed by atoms with Gasteiger partial charge in [-0.1, -0.05) is 6.92 Å². The van der Waals surface area contributed by atoms with E-state index in [4.69, 9.17) is 9.72 Å². The number of aryl methyl sites for hydroxylation is 2. The van der Waals surface area contributed by atoms with E-state index in [9.17, 15) is 0 Å². The number of aromatic nitrogens is 2. The Morgan fingerprint density at radius 1 is 1.24 bits per heavy atom. The highest BCUT2D eigenvalue weighted by Crippen LogP contribution is 2.27. The van der Waals surface area contributed by atoms with E-state index in [1.165, 1.54) is 0 Å². The van der Waals surface area contributed by atoms with Gasteiger partial charge in [0.25, 0.3) is 0 Å². The van der Waals surface area contributed by atoms with Gasteiger partial charge in [-0.15, -0.1) is 0 Å². The predicted molar refractivity (Wildman–Crippen MR) is 95.0 cm³/mol. The van der Waals surface area contributed by atoms with E-state index in [0.29, 0.717) is 0 Å². The molecule has 2 aromatic rings. The van der Waals surface area contributed by atoms with Crippen molar-refractivity contribution in [1.29, 1.82) is 0 Å². The van der Waals surface area contributed by atoms with Crippen LogP contribution in [-0.2, 0) is 6.42 Å². The van der Waals surface area contributed by atoms with Crippen LogP contribution in [0.4, 0.5) is 5.82 Å². The zero-order chi connectivity index (χ0) is 15.4. The van der Waals surface area contributed by atoms with Crippen molar-refractivity contribution in [3.63, 3.8) is 0 Å². The Labute approximate surface area is 139 Å². The lowest BCUT2D eigenvalue weighted by Crippen LogP contribution is -2.07. The maximum Gasteiger partial charge on any atom is 0.161 e. The summed E-state index contributed by atoms with van der Waals surface area (Å²) in [6.07, 6.45) is 0.890. The van der Waals surface area contributed by atoms with Crippen LogP contribution < -0.4 is 10.1 Å². The molecule has 0 atom stereocenters. The normalized spacial score (nSPS) is 10.5. The van der Waals surface area contributed by atoms with Crippen LogP contribution >= 0.6 is 22.6 Å². The molecule has 5 heteroatoms. The van der Waals surface area contributed by atoms with E-state index in [0.717, 1.165) is 50.7 Å². The van der Waals surface area contributed by atoms with Crippen molar-refractivity contribution >= 4 is 28.4 Å². The van der Waals surface area contributed by atoms with Crippen molar-refractivity contribution in [2.75, 3.05) is 19.0 Å². The zero-order valence-electron chi connectivity index (χ0n) is 12.8. The van der Waals surface area contributed by atoms with Gasteiger partial charge in [0.2, 0.25) is 0 Å². The summed E-state index contributed by atoms with van der Waals surface area (Å²) in [6, 6.07) is 6.03. The summed E-state index contributed by atoms with van der Waals surface area (Å²) in [5.41, 5.74) is 3.17. The van der Waals surface area contributed by atoms with E-state index in [1.54, 1.807) is 7.11 Å². The molecule has 0 radical (unpaired) electrons. The summed E-state index contributed by atoms with van der Waals surface area (Å²) in [5.74, 6) is 2.55. The molecular weight excluding hydrogens is 377 g/mol. The third-order valence-corrected chi connectivity index (χ3v) is 4.39. The topological polar surface area (TPSA) is 47.0 Å². The van der Waals surface area contributed by atoms with Crippen molar-refractivity contribution in [3.8, 4) is 17.1 Å². The van der Waals surface area contributed by atoms with E-state index in [1.807, 2.05) is 19.1 Å². The Morgan fingerprint density at radius 2 is 2.00 bits per heavy atom. The smallest absolute Gasteiger partial charge is 0.161 e. The zero-order valence-corrected chi connectivity index (χ0v) is 15.0. The first-order chi connectivity index (χ1) is 10.1. The molecule has 21 heavy (non-hydrogen) atoms. The van der Waals surface area contributed by atoms with Crippen molar-refractivity contribution in [2.24, 2.45) is 0 Å². The van der Waals surface area contributed by atoms with Gasteiger partial charge in [-0.05, 0) is 66.6 Å². The van der Waals surface area contributed by atoms with Crippen molar-refractivity contribution in [1.82, 2.24) is 9.97 Å². The molecule has 1 aromatic heterocycles. The Balaban J connectivity index is 2.52. The molecule has 0 bridgehead atoms. The van der Waals surface area contributed by atoms with Gasteiger partial charge in [0.15, 0.2) is 5.82 Å². The summed E-state index contributed by atoms with van der Waals surface area (Å²) in [5, 5.41) is 3.31. The molecule has 0 aliphatic carbocycles. The van der Waals surface area contributed by atoms with Crippen LogP contribution in [-0.4, -0.2) is 23.6 Å². The highest BCUT2D eigenvalue weighted by Gasteiger charge is 2.12. The van der Waals surface area contributed by atoms with E-state index >= 15 is 0 Å². The molecule has 0 amide bonds. The third kappa shape index (κ3) is 3.45. The van der Waals surface area contributed by atoms with Crippen molar-refractivity contribution in [3.05, 3.63) is 33.0 Å². The highest BCUT2D eigenvalue weighted by atomic mass is 127. The van der Waals surface area contributed by atoms with E-state index in [2.05, 4.69) is 52.8 Å². The SMILES string of the molecule is CCNc1nc(-c2ccc(OC)c(C)c2)nc(CC)c1I. The lowest BCUT2D eigenvalue weighted by atomic mass is 10.1. The number of benzene rings is 1. The highest BCUT2D eigenvalue weighted by molar-refractivity contribution is 14.1. The fraction of sp³-hybridized carbons (Fsp3) is 0.375. The fourth-order valence-corrected chi connectivity index (χ4v) is 2.97. The summed E-state index contributed by atoms with van der Waals surface area (Å²) in [7, 11) is 1.68. The van der Waals surface area contributed by atoms with E-state index in [-0.39, 0.29) is 0 Å². The van der Waals surface area contributed by atoms with Gasteiger partial charge in [-0.2, -0.15) is 0 Å². The maximum absolute atomic E-state index is 5.31. The summed E-state index contributed by atoms with van der Waals surface area (Å²) >= 11 is 2.31. The minimum atomic E-state index is 0.758. The Kier molecular flexibility index (Phi) is 5.39. The van der Waals surface area contributed by atoms with Crippen LogP contribution in [0.25, 0.3) is 11.4 Å². The largest absolute Gasteiger partial charge is 0.496 e. The van der Waals surface area contributed by atoms with Gasteiger partial charge in [0.05, 0.1) is 16.4 Å². The lowest BCUT2D eigenvalue weighted by Gasteiger charge is -2.12. The first-order valence-corrected chi connectivity index (χ1v) is 8.13. The standard InChI is InChI=1S/C16H20IN3O/c1-5-12-14(17)16(18-6-2)20-15(19-12)11-7-8-13(21-4)10(3)9-11/h7-9H,5-6H2,1-4H3,(H,18,19,20). The minimum Gasteiger partial charge on any atom is -0.496 e. The summed E-state index contributed by atoms with van der Waals surface area (Å²) in [4.78, 5) is 9.37. The number of hydrogen-bond acceptors (Lipinski definition) is 4. The molecule has 1 heterocycles. The summed E-state index contributed by atoms with van der Waals surface area (Å²) in [6.45, 7) is 7.06. The molecule has 0 aliphatic rings. The fourth-order valence-electron chi connectivity index (χ4n) is 2.16. The molecule has 112 valence electrons. The molecule has 0 fully saturated rings. The van der Waals surface area contributed by atoms with Gasteiger partial charge in [-0.3, -0.25) is 0 Å². The van der Waals surface area contributed by atoms with Crippen molar-refractivity contribution in [2.45, 2.75) is 27.2 Å². The molecule has 1 N–H and O–H groups in total. The first kappa shape index (κ1) is 16.0. The third-order valence-electron chi connectivity index (χ3n) is 3.25. The molecule has 0 saturated carbocycles. The van der Waals surface area contributed by atoms with Crippen LogP contribution in [0.3, 0.4) is 0 Å². The van der Waals surface area contributed by atoms with Crippen LogP contribution in [0.5, 0.6) is 5.75 Å². The Morgan fingerprint density at radius 3 is 2.57 bits per heavy atom. The first-order valence-electron chi connectivity index (χ1n) is 7.06. The molecule has 0 aliphatic heterocycles. The van der Waals surface area contributed by atoms with Gasteiger partial charge in [-0.25, -0.2) is 9.97 Å². The molecule has 2 rings (SSSR count). The second-order valence-electron chi connectivity index (χ2n) is 4.72. The average molecular weight is 397 g/mol. The molecule has 0 unspecified atom stereocenters. The molecule has 4 nitrogen and oxygen atoms in total. The summed E-state index contributed by atoms with van der Waals surface area (Å²) < 4.78 is 6.41. The van der Waals surface area contributed by atoms with Gasteiger partial charge in [0, 0.05) is 12.1 Å². The number of halogens is 1. The molecule has 0 saturated heterocycles. The Bertz CT molecular complexity index is 644. The number of anilines is 1. The van der Waals surface area contributed by atoms with Crippen LogP contribution in [0.1, 0.15) is 25.1 Å². The molecule has 1 aromatic carbocycles. The number of nitrogens with zero attached hydrogens (tertiary/aromatic N) is 2. The van der Waals surface area contributed by atoms with Crippen LogP contribution in [0, 0.1) is 10.5 Å². The quantitative estimate of drug-likeness (QED) is 0.774. The monoisotopic (exact) mass is 397 g/mol. The second kappa shape index (κ2) is 7.06. The lowest BCUT2D eigenvalue weighted by molar-refractivity contribution is 0.412. The van der Waals surface area contributed by atoms with Crippen LogP contribution in [0.2, 0.25) is 0 Å². The van der Waals surface area contributed by atoms with Gasteiger partial charge in [0.1, 0.15) is 11.6 Å². The van der Waals surface area contributed by atoms with Crippen LogP contribution in [0.15, 0.2) is 18.2 Å². The number of rotatable bonds is 5. The predicted octanol–water partition coefficient (Wildman–Crippen LogP) is 4.06. The molecule has 0 spiro atoms. The average Bonchev–Trinajstić information content (AvgIpc) is 2.49. The number of nitrogens with one attached hydrogen (secondary N) is 1. The van der Waals surface area contributed by atoms with E-state index < -0.39 is 0 Å². The van der Waals surface area contributed by atoms with Gasteiger partial charge >= 0.3 is 0 Å². The number of ether oxygens (including phenoxy) is 1. The van der Waals surface area contributed by atoms with Crippen molar-refractivity contribution < 1.29 is 4.74 Å². The maximum atomic E-state index is 5.31. The van der Waals surface area contributed by atoms with Gasteiger partial charge < -0.3 is 10.1 Å². The number of hydrogen-bond donors (Lipinski definition) is 1.